The minimum absolute atomic E-state index is 0.0100. The Morgan fingerprint density at radius 1 is 0.938 bits per heavy atom. The van der Waals surface area contributed by atoms with Gasteiger partial charge in [-0.3, -0.25) is 9.59 Å². The maximum absolute atomic E-state index is 13.0. The van der Waals surface area contributed by atoms with Crippen molar-refractivity contribution in [1.29, 1.82) is 0 Å². The van der Waals surface area contributed by atoms with Crippen LogP contribution in [-0.4, -0.2) is 43.0 Å². The number of carbonyl (C=O) groups is 2. The summed E-state index contributed by atoms with van der Waals surface area (Å²) in [4.78, 5) is 26.1. The lowest BCUT2D eigenvalue weighted by Gasteiger charge is -2.32. The summed E-state index contributed by atoms with van der Waals surface area (Å²) in [6, 6.07) is 20.9. The molecule has 0 aromatic heterocycles. The largest absolute Gasteiger partial charge is 0.377 e. The normalized spacial score (nSPS) is 15.5. The number of ether oxygens (including phenoxy) is 1. The molecule has 32 heavy (non-hydrogen) atoms. The number of rotatable bonds is 5. The standard InChI is InChI=1S/C27H30N2O3/c1-18(32-3)20-4-6-21(7-5-20)22-8-9-24-17-25(11-10-23(24)16-22)27(31)29-14-12-26(13-15-29)28-19(2)30/h4-11,16-18,26H,12-15H2,1-3H3,(H,28,30). The van der Waals surface area contributed by atoms with Crippen LogP contribution in [0.25, 0.3) is 21.9 Å². The van der Waals surface area contributed by atoms with E-state index in [1.165, 1.54) is 6.92 Å². The van der Waals surface area contributed by atoms with Gasteiger partial charge in [0.25, 0.3) is 5.91 Å². The fourth-order valence-corrected chi connectivity index (χ4v) is 4.34. The van der Waals surface area contributed by atoms with E-state index in [2.05, 4.69) is 47.8 Å². The van der Waals surface area contributed by atoms with Crippen molar-refractivity contribution < 1.29 is 14.3 Å². The van der Waals surface area contributed by atoms with Gasteiger partial charge in [-0.05, 0) is 65.4 Å². The first-order chi connectivity index (χ1) is 15.4. The molecule has 0 spiro atoms. The van der Waals surface area contributed by atoms with E-state index >= 15 is 0 Å². The first-order valence-corrected chi connectivity index (χ1v) is 11.2. The number of hydrogen-bond acceptors (Lipinski definition) is 3. The summed E-state index contributed by atoms with van der Waals surface area (Å²) in [5, 5.41) is 5.11. The van der Waals surface area contributed by atoms with Crippen LogP contribution in [0.2, 0.25) is 0 Å². The zero-order valence-corrected chi connectivity index (χ0v) is 18.9. The fourth-order valence-electron chi connectivity index (χ4n) is 4.34. The van der Waals surface area contributed by atoms with Crippen LogP contribution in [-0.2, 0) is 9.53 Å². The third-order valence-electron chi connectivity index (χ3n) is 6.34. The predicted octanol–water partition coefficient (Wildman–Crippen LogP) is 4.95. The Morgan fingerprint density at radius 3 is 2.22 bits per heavy atom. The van der Waals surface area contributed by atoms with Crippen LogP contribution in [0.1, 0.15) is 48.7 Å². The molecule has 1 fully saturated rings. The maximum atomic E-state index is 13.0. The van der Waals surface area contributed by atoms with Crippen molar-refractivity contribution in [1.82, 2.24) is 10.2 Å². The fraction of sp³-hybridized carbons (Fsp3) is 0.333. The van der Waals surface area contributed by atoms with Gasteiger partial charge in [-0.25, -0.2) is 0 Å². The van der Waals surface area contributed by atoms with Gasteiger partial charge in [0.05, 0.1) is 6.10 Å². The number of hydrogen-bond donors (Lipinski definition) is 1. The zero-order valence-electron chi connectivity index (χ0n) is 18.9. The lowest BCUT2D eigenvalue weighted by atomic mass is 9.98. The number of likely N-dealkylation sites (tertiary alicyclic amines) is 1. The van der Waals surface area contributed by atoms with Gasteiger partial charge in [0.2, 0.25) is 5.91 Å². The Labute approximate surface area is 189 Å². The van der Waals surface area contributed by atoms with Crippen LogP contribution in [0.4, 0.5) is 0 Å². The van der Waals surface area contributed by atoms with Crippen molar-refractivity contribution >= 4 is 22.6 Å². The molecule has 0 saturated carbocycles. The second kappa shape index (κ2) is 9.53. The second-order valence-electron chi connectivity index (χ2n) is 8.54. The molecule has 5 heteroatoms. The minimum Gasteiger partial charge on any atom is -0.377 e. The van der Waals surface area contributed by atoms with Crippen molar-refractivity contribution in [3.63, 3.8) is 0 Å². The van der Waals surface area contributed by atoms with E-state index in [1.54, 1.807) is 7.11 Å². The first-order valence-electron chi connectivity index (χ1n) is 11.2. The molecule has 4 rings (SSSR count). The number of methoxy groups -OCH3 is 1. The van der Waals surface area contributed by atoms with Gasteiger partial charge in [-0.2, -0.15) is 0 Å². The average Bonchev–Trinajstić information content (AvgIpc) is 2.82. The second-order valence-corrected chi connectivity index (χ2v) is 8.54. The van der Waals surface area contributed by atoms with Crippen LogP contribution in [0.3, 0.4) is 0 Å². The smallest absolute Gasteiger partial charge is 0.253 e. The third-order valence-corrected chi connectivity index (χ3v) is 6.34. The average molecular weight is 431 g/mol. The molecule has 1 aliphatic heterocycles. The van der Waals surface area contributed by atoms with E-state index in [4.69, 9.17) is 4.74 Å². The Hall–Kier alpha value is -3.18. The Bertz CT molecular complexity index is 1120. The van der Waals surface area contributed by atoms with Gasteiger partial charge >= 0.3 is 0 Å². The Balaban J connectivity index is 1.48. The highest BCUT2D eigenvalue weighted by Gasteiger charge is 2.24. The summed E-state index contributed by atoms with van der Waals surface area (Å²) in [5.41, 5.74) is 4.16. The van der Waals surface area contributed by atoms with Gasteiger partial charge in [-0.1, -0.05) is 42.5 Å². The molecule has 2 amide bonds. The van der Waals surface area contributed by atoms with Crippen LogP contribution in [0.5, 0.6) is 0 Å². The summed E-state index contributed by atoms with van der Waals surface area (Å²) in [6.07, 6.45) is 1.67. The molecular weight excluding hydrogens is 400 g/mol. The molecule has 3 aromatic carbocycles. The first kappa shape index (κ1) is 22.0. The monoisotopic (exact) mass is 430 g/mol. The highest BCUT2D eigenvalue weighted by molar-refractivity contribution is 5.99. The van der Waals surface area contributed by atoms with E-state index in [9.17, 15) is 9.59 Å². The zero-order chi connectivity index (χ0) is 22.7. The molecule has 0 aliphatic carbocycles. The van der Waals surface area contributed by atoms with Crippen molar-refractivity contribution in [2.45, 2.75) is 38.8 Å². The summed E-state index contributed by atoms with van der Waals surface area (Å²) < 4.78 is 5.39. The van der Waals surface area contributed by atoms with Crippen LogP contribution in [0, 0.1) is 0 Å². The number of amides is 2. The molecule has 0 radical (unpaired) electrons. The summed E-state index contributed by atoms with van der Waals surface area (Å²) in [7, 11) is 1.72. The van der Waals surface area contributed by atoms with Crippen molar-refractivity contribution in [2.75, 3.05) is 20.2 Å². The molecule has 1 unspecified atom stereocenters. The van der Waals surface area contributed by atoms with Gasteiger partial charge in [0.15, 0.2) is 0 Å². The molecule has 1 atom stereocenters. The molecule has 1 N–H and O–H groups in total. The van der Waals surface area contributed by atoms with Gasteiger partial charge in [-0.15, -0.1) is 0 Å². The molecular formula is C27H30N2O3. The molecule has 0 bridgehead atoms. The number of carbonyl (C=O) groups excluding carboxylic acids is 2. The Kier molecular flexibility index (Phi) is 6.56. The van der Waals surface area contributed by atoms with Crippen LogP contribution < -0.4 is 5.32 Å². The van der Waals surface area contributed by atoms with Crippen LogP contribution >= 0.6 is 0 Å². The molecule has 3 aromatic rings. The van der Waals surface area contributed by atoms with Crippen molar-refractivity contribution in [3.05, 3.63) is 71.8 Å². The van der Waals surface area contributed by atoms with Gasteiger partial charge < -0.3 is 15.0 Å². The quantitative estimate of drug-likeness (QED) is 0.623. The predicted molar refractivity (Wildman–Crippen MR) is 128 cm³/mol. The highest BCUT2D eigenvalue weighted by Crippen LogP contribution is 2.27. The molecule has 166 valence electrons. The maximum Gasteiger partial charge on any atom is 0.253 e. The summed E-state index contributed by atoms with van der Waals surface area (Å²) >= 11 is 0. The topological polar surface area (TPSA) is 58.6 Å². The lowest BCUT2D eigenvalue weighted by molar-refractivity contribution is -0.119. The van der Waals surface area contributed by atoms with Gasteiger partial charge in [0.1, 0.15) is 0 Å². The molecule has 1 heterocycles. The molecule has 5 nitrogen and oxygen atoms in total. The van der Waals surface area contributed by atoms with E-state index in [-0.39, 0.29) is 24.0 Å². The summed E-state index contributed by atoms with van der Waals surface area (Å²) in [5.74, 6) is 0.0456. The number of benzene rings is 3. The van der Waals surface area contributed by atoms with Crippen molar-refractivity contribution in [2.24, 2.45) is 0 Å². The van der Waals surface area contributed by atoms with E-state index < -0.39 is 0 Å². The van der Waals surface area contributed by atoms with Gasteiger partial charge in [0, 0.05) is 38.7 Å². The van der Waals surface area contributed by atoms with Crippen molar-refractivity contribution in [3.8, 4) is 11.1 Å². The van der Waals surface area contributed by atoms with E-state index in [1.807, 2.05) is 30.0 Å². The third kappa shape index (κ3) is 4.83. The molecule has 1 aliphatic rings. The molecule has 1 saturated heterocycles. The van der Waals surface area contributed by atoms with Crippen LogP contribution in [0.15, 0.2) is 60.7 Å². The number of nitrogens with zero attached hydrogens (tertiary/aromatic N) is 1. The Morgan fingerprint density at radius 2 is 1.56 bits per heavy atom. The van der Waals surface area contributed by atoms with E-state index in [0.717, 1.165) is 40.3 Å². The highest BCUT2D eigenvalue weighted by atomic mass is 16.5. The number of piperidine rings is 1. The minimum atomic E-state index is -0.0100. The number of fused-ring (bicyclic) bond motifs is 1. The number of nitrogens with one attached hydrogen (secondary N) is 1. The lowest BCUT2D eigenvalue weighted by Crippen LogP contribution is -2.46. The SMILES string of the molecule is COC(C)c1ccc(-c2ccc3cc(C(=O)N4CCC(NC(C)=O)CC4)ccc3c2)cc1. The summed E-state index contributed by atoms with van der Waals surface area (Å²) in [6.45, 7) is 4.90. The van der Waals surface area contributed by atoms with E-state index in [0.29, 0.717) is 18.7 Å².